The molecule has 1 aromatic carbocycles. The van der Waals surface area contributed by atoms with Crippen molar-refractivity contribution in [3.63, 3.8) is 0 Å². The number of para-hydroxylation sites is 1. The summed E-state index contributed by atoms with van der Waals surface area (Å²) < 4.78 is 2.10. The van der Waals surface area contributed by atoms with Gasteiger partial charge in [0.15, 0.2) is 0 Å². The minimum absolute atomic E-state index is 0.508. The molecule has 0 amide bonds. The van der Waals surface area contributed by atoms with Crippen molar-refractivity contribution in [2.75, 3.05) is 0 Å². The van der Waals surface area contributed by atoms with Gasteiger partial charge in [-0.05, 0) is 36.4 Å². The summed E-state index contributed by atoms with van der Waals surface area (Å²) in [5.74, 6) is 0. The molecule has 2 heterocycles. The second-order valence-electron chi connectivity index (χ2n) is 3.94. The van der Waals surface area contributed by atoms with E-state index in [1.165, 1.54) is 0 Å². The van der Waals surface area contributed by atoms with Crippen LogP contribution in [0.1, 0.15) is 0 Å². The fraction of sp³-hybridized carbons (Fsp3) is 0. The van der Waals surface area contributed by atoms with E-state index in [9.17, 15) is 0 Å². The molecule has 0 fully saturated rings. The highest BCUT2D eigenvalue weighted by Crippen LogP contribution is 2.23. The van der Waals surface area contributed by atoms with Crippen molar-refractivity contribution in [2.45, 2.75) is 0 Å². The highest BCUT2D eigenvalue weighted by molar-refractivity contribution is 6.29. The van der Waals surface area contributed by atoms with E-state index >= 15 is 0 Å². The molecular formula is C15H11ClN2. The van der Waals surface area contributed by atoms with E-state index in [2.05, 4.69) is 21.7 Å². The Labute approximate surface area is 110 Å². The number of rotatable bonds is 2. The Morgan fingerprint density at radius 3 is 2.44 bits per heavy atom. The minimum Gasteiger partial charge on any atom is -0.315 e. The lowest BCUT2D eigenvalue weighted by Crippen LogP contribution is -1.95. The Hall–Kier alpha value is -2.06. The zero-order valence-corrected chi connectivity index (χ0v) is 10.4. The molecule has 0 aliphatic rings. The minimum atomic E-state index is 0.508. The normalized spacial score (nSPS) is 10.5. The summed E-state index contributed by atoms with van der Waals surface area (Å²) in [6.07, 6.45) is 2.02. The van der Waals surface area contributed by atoms with Crippen LogP contribution in [0.5, 0.6) is 0 Å². The number of aromatic nitrogens is 2. The maximum atomic E-state index is 5.94. The van der Waals surface area contributed by atoms with Gasteiger partial charge in [0.2, 0.25) is 0 Å². The monoisotopic (exact) mass is 254 g/mol. The number of halogens is 1. The van der Waals surface area contributed by atoms with Gasteiger partial charge in [-0.2, -0.15) is 0 Å². The van der Waals surface area contributed by atoms with Crippen LogP contribution in [0.4, 0.5) is 0 Å². The van der Waals surface area contributed by atoms with Gasteiger partial charge in [-0.15, -0.1) is 0 Å². The van der Waals surface area contributed by atoms with E-state index in [0.717, 1.165) is 17.1 Å². The average molecular weight is 255 g/mol. The maximum absolute atomic E-state index is 5.94. The molecule has 0 spiro atoms. The van der Waals surface area contributed by atoms with Crippen molar-refractivity contribution in [3.8, 4) is 17.1 Å². The molecule has 18 heavy (non-hydrogen) atoms. The first kappa shape index (κ1) is 11.1. The molecule has 0 bridgehead atoms. The molecule has 3 aromatic rings. The third kappa shape index (κ3) is 2.03. The highest BCUT2D eigenvalue weighted by Gasteiger charge is 2.06. The van der Waals surface area contributed by atoms with Crippen LogP contribution in [0.15, 0.2) is 66.9 Å². The number of hydrogen-bond acceptors (Lipinski definition) is 1. The third-order valence-corrected chi connectivity index (χ3v) is 2.97. The number of benzene rings is 1. The van der Waals surface area contributed by atoms with Gasteiger partial charge in [-0.25, -0.2) is 4.98 Å². The van der Waals surface area contributed by atoms with Gasteiger partial charge in [-0.3, -0.25) is 0 Å². The fourth-order valence-corrected chi connectivity index (χ4v) is 2.12. The quantitative estimate of drug-likeness (QED) is 0.627. The van der Waals surface area contributed by atoms with E-state index in [1.54, 1.807) is 6.07 Å². The Balaban J connectivity index is 2.13. The summed E-state index contributed by atoms with van der Waals surface area (Å²) in [6.45, 7) is 0. The maximum Gasteiger partial charge on any atom is 0.129 e. The standard InChI is InChI=1S/C15H11ClN2/c16-15-10-4-8-13(17-15)14-9-5-11-18(14)12-6-2-1-3-7-12/h1-11H. The summed E-state index contributed by atoms with van der Waals surface area (Å²) in [5, 5.41) is 0.508. The van der Waals surface area contributed by atoms with Crippen LogP contribution in [0.2, 0.25) is 5.15 Å². The van der Waals surface area contributed by atoms with Crippen LogP contribution >= 0.6 is 11.6 Å². The lowest BCUT2D eigenvalue weighted by atomic mass is 10.2. The molecular weight excluding hydrogens is 244 g/mol. The molecule has 0 unspecified atom stereocenters. The van der Waals surface area contributed by atoms with E-state index in [4.69, 9.17) is 11.6 Å². The molecule has 88 valence electrons. The third-order valence-electron chi connectivity index (χ3n) is 2.76. The second-order valence-corrected chi connectivity index (χ2v) is 4.33. The highest BCUT2D eigenvalue weighted by atomic mass is 35.5. The van der Waals surface area contributed by atoms with Crippen molar-refractivity contribution < 1.29 is 0 Å². The lowest BCUT2D eigenvalue weighted by molar-refractivity contribution is 1.07. The van der Waals surface area contributed by atoms with Crippen molar-refractivity contribution in [1.82, 2.24) is 9.55 Å². The van der Waals surface area contributed by atoms with Gasteiger partial charge in [0.25, 0.3) is 0 Å². The van der Waals surface area contributed by atoms with Gasteiger partial charge in [0.05, 0.1) is 11.4 Å². The van der Waals surface area contributed by atoms with Gasteiger partial charge in [0, 0.05) is 11.9 Å². The van der Waals surface area contributed by atoms with E-state index in [-0.39, 0.29) is 0 Å². The number of nitrogens with zero attached hydrogens (tertiary/aromatic N) is 2. The van der Waals surface area contributed by atoms with Crippen LogP contribution < -0.4 is 0 Å². The molecule has 2 nitrogen and oxygen atoms in total. The van der Waals surface area contributed by atoms with Gasteiger partial charge >= 0.3 is 0 Å². The summed E-state index contributed by atoms with van der Waals surface area (Å²) in [6, 6.07) is 19.9. The predicted octanol–water partition coefficient (Wildman–Crippen LogP) is 4.19. The summed E-state index contributed by atoms with van der Waals surface area (Å²) in [7, 11) is 0. The molecule has 3 rings (SSSR count). The average Bonchev–Trinajstić information content (AvgIpc) is 2.89. The first-order valence-corrected chi connectivity index (χ1v) is 6.08. The van der Waals surface area contributed by atoms with Crippen molar-refractivity contribution in [3.05, 3.63) is 72.0 Å². The topological polar surface area (TPSA) is 17.8 Å². The van der Waals surface area contributed by atoms with E-state index in [0.29, 0.717) is 5.15 Å². The Bertz CT molecular complexity index is 659. The molecule has 0 saturated heterocycles. The van der Waals surface area contributed by atoms with Crippen LogP contribution in [-0.2, 0) is 0 Å². The van der Waals surface area contributed by atoms with Crippen LogP contribution in [0.3, 0.4) is 0 Å². The summed E-state index contributed by atoms with van der Waals surface area (Å²) in [4.78, 5) is 4.35. The second kappa shape index (κ2) is 4.67. The Kier molecular flexibility index (Phi) is 2.87. The molecule has 0 N–H and O–H groups in total. The smallest absolute Gasteiger partial charge is 0.129 e. The van der Waals surface area contributed by atoms with Crippen LogP contribution in [0.25, 0.3) is 17.1 Å². The summed E-state index contributed by atoms with van der Waals surface area (Å²) >= 11 is 5.94. The van der Waals surface area contributed by atoms with Gasteiger partial charge in [-0.1, -0.05) is 35.9 Å². The van der Waals surface area contributed by atoms with Crippen molar-refractivity contribution in [1.29, 1.82) is 0 Å². The largest absolute Gasteiger partial charge is 0.315 e. The zero-order valence-electron chi connectivity index (χ0n) is 9.62. The molecule has 0 aliphatic heterocycles. The van der Waals surface area contributed by atoms with Crippen molar-refractivity contribution >= 4 is 11.6 Å². The van der Waals surface area contributed by atoms with Gasteiger partial charge in [0.1, 0.15) is 5.15 Å². The molecule has 3 heteroatoms. The first-order valence-electron chi connectivity index (χ1n) is 5.70. The predicted molar refractivity (Wildman–Crippen MR) is 74.0 cm³/mol. The van der Waals surface area contributed by atoms with Crippen LogP contribution in [-0.4, -0.2) is 9.55 Å². The molecule has 0 saturated carbocycles. The van der Waals surface area contributed by atoms with E-state index in [1.807, 2.05) is 48.7 Å². The van der Waals surface area contributed by atoms with Crippen molar-refractivity contribution in [2.24, 2.45) is 0 Å². The molecule has 0 aliphatic carbocycles. The Morgan fingerprint density at radius 2 is 1.67 bits per heavy atom. The summed E-state index contributed by atoms with van der Waals surface area (Å²) in [5.41, 5.74) is 3.01. The lowest BCUT2D eigenvalue weighted by Gasteiger charge is -2.08. The van der Waals surface area contributed by atoms with Crippen LogP contribution in [0, 0.1) is 0 Å². The Morgan fingerprint density at radius 1 is 0.833 bits per heavy atom. The molecule has 2 aromatic heterocycles. The molecule has 0 radical (unpaired) electrons. The molecule has 0 atom stereocenters. The number of hydrogen-bond donors (Lipinski definition) is 0. The zero-order chi connectivity index (χ0) is 12.4. The first-order chi connectivity index (χ1) is 8.84. The van der Waals surface area contributed by atoms with E-state index < -0.39 is 0 Å². The fourth-order valence-electron chi connectivity index (χ4n) is 1.95. The SMILES string of the molecule is Clc1cccc(-c2cccn2-c2ccccc2)n1. The number of pyridine rings is 1. The van der Waals surface area contributed by atoms with Gasteiger partial charge < -0.3 is 4.57 Å².